The smallest absolute Gasteiger partial charge is 0.311 e. The van der Waals surface area contributed by atoms with Crippen LogP contribution in [0, 0.1) is 17.0 Å². The molecule has 0 radical (unpaired) electrons. The van der Waals surface area contributed by atoms with Crippen molar-refractivity contribution in [3.63, 3.8) is 0 Å². The molecule has 0 saturated heterocycles. The summed E-state index contributed by atoms with van der Waals surface area (Å²) in [4.78, 5) is 54.5. The van der Waals surface area contributed by atoms with Gasteiger partial charge in [-0.15, -0.1) is 0 Å². The molecule has 0 unspecified atom stereocenters. The maximum atomic E-state index is 14.8. The van der Waals surface area contributed by atoms with Crippen LogP contribution in [0.5, 0.6) is 40.2 Å². The van der Waals surface area contributed by atoms with Crippen molar-refractivity contribution < 1.29 is 95.1 Å². The maximum absolute atomic E-state index is 14.8. The minimum atomic E-state index is -0.879. The van der Waals surface area contributed by atoms with E-state index in [2.05, 4.69) is 16.0 Å². The molecule has 3 N–H and O–H groups in total. The summed E-state index contributed by atoms with van der Waals surface area (Å²) in [5.41, 5.74) is 0.247. The number of hydrogen-bond donors (Lipinski definition) is 3. The van der Waals surface area contributed by atoms with Gasteiger partial charge < -0.3 is 91.7 Å². The first kappa shape index (κ1) is 63.5. The molecule has 4 aromatic rings. The van der Waals surface area contributed by atoms with Gasteiger partial charge in [0.05, 0.1) is 166 Å². The van der Waals surface area contributed by atoms with Crippen LogP contribution in [0.4, 0.5) is 22.7 Å². The molecule has 0 aliphatic carbocycles. The van der Waals surface area contributed by atoms with Crippen molar-refractivity contribution in [3.8, 4) is 40.2 Å². The molecule has 0 atom stereocenters. The summed E-state index contributed by atoms with van der Waals surface area (Å²) in [6.07, 6.45) is 0. The summed E-state index contributed by atoms with van der Waals surface area (Å²) in [5.74, 6) is -1.94. The fraction of sp³-hybridized carbons (Fsp3) is 0.491. The number of carbonyl (C=O) groups is 3. The lowest BCUT2D eigenvalue weighted by Gasteiger charge is -2.20. The first-order chi connectivity index (χ1) is 37.9. The van der Waals surface area contributed by atoms with E-state index in [0.29, 0.717) is 77.5 Å². The molecule has 0 heterocycles. The van der Waals surface area contributed by atoms with Crippen molar-refractivity contribution in [2.75, 3.05) is 185 Å². The Labute approximate surface area is 453 Å². The van der Waals surface area contributed by atoms with Crippen LogP contribution < -0.4 is 49.1 Å². The lowest BCUT2D eigenvalue weighted by molar-refractivity contribution is -0.385. The molecule has 0 bridgehead atoms. The SMILES string of the molecule is COCCOCCOCCOc1ccc(C)cc1NC(=O)c1cc(NC(=O)c2cc(NC(=O)c3cc([N+](=O)[O-])c(OC)cc3OC)c(OCCOCCOCCOC)cc2OCCOCCOCCOC)c(OC)cc1OC. The van der Waals surface area contributed by atoms with Gasteiger partial charge in [-0.1, -0.05) is 6.07 Å². The van der Waals surface area contributed by atoms with Gasteiger partial charge in [0, 0.05) is 45.6 Å². The predicted molar refractivity (Wildman–Crippen MR) is 284 cm³/mol. The number of nitrogens with one attached hydrogen (secondary N) is 3. The standard InChI is InChI=1S/C53H72N4O21/c1-36-9-10-44(76-26-23-73-20-17-70-14-11-63-2)40(29-36)54-51(58)37-30-41(48(68-7)33-45(37)66-5)55-52(59)38-31-42(56-53(60)39-32-43(57(61)62)50(69-8)34-46(39)67-6)49(78-28-25-75-22-19-72-16-13-65-4)35-47(38)77-27-24-74-21-18-71-15-12-64-3/h9-10,29-35H,11-28H2,1-8H3,(H,54,58)(H,55,59)(H,56,60). The van der Waals surface area contributed by atoms with Crippen molar-refractivity contribution >= 4 is 40.5 Å². The molecule has 4 rings (SSSR count). The number of benzene rings is 4. The van der Waals surface area contributed by atoms with Crippen LogP contribution in [-0.2, 0) is 42.6 Å². The molecule has 3 amide bonds. The second kappa shape index (κ2) is 36.1. The number of methoxy groups -OCH3 is 7. The number of aryl methyl sites for hydroxylation is 1. The highest BCUT2D eigenvalue weighted by molar-refractivity contribution is 6.12. The third-order valence-electron chi connectivity index (χ3n) is 10.8. The molecule has 4 aromatic carbocycles. The van der Waals surface area contributed by atoms with Crippen molar-refractivity contribution in [1.82, 2.24) is 0 Å². The van der Waals surface area contributed by atoms with Gasteiger partial charge in [0.25, 0.3) is 17.7 Å². The fourth-order valence-corrected chi connectivity index (χ4v) is 6.91. The van der Waals surface area contributed by atoms with Gasteiger partial charge in [-0.05, 0) is 36.8 Å². The Kier molecular flexibility index (Phi) is 29.4. The summed E-state index contributed by atoms with van der Waals surface area (Å²) in [5, 5.41) is 20.5. The van der Waals surface area contributed by atoms with Crippen LogP contribution in [-0.4, -0.2) is 191 Å². The third kappa shape index (κ3) is 21.0. The van der Waals surface area contributed by atoms with Gasteiger partial charge in [-0.25, -0.2) is 0 Å². The zero-order valence-electron chi connectivity index (χ0n) is 45.4. The van der Waals surface area contributed by atoms with Crippen molar-refractivity contribution in [1.29, 1.82) is 0 Å². The van der Waals surface area contributed by atoms with Gasteiger partial charge in [-0.3, -0.25) is 24.5 Å². The molecular weight excluding hydrogens is 1030 g/mol. The molecule has 0 aliphatic heterocycles. The number of nitro benzene ring substituents is 1. The molecule has 25 nitrogen and oxygen atoms in total. The van der Waals surface area contributed by atoms with Gasteiger partial charge >= 0.3 is 5.69 Å². The first-order valence-electron chi connectivity index (χ1n) is 24.6. The van der Waals surface area contributed by atoms with E-state index in [0.717, 1.165) is 11.6 Å². The van der Waals surface area contributed by atoms with Crippen molar-refractivity contribution in [3.05, 3.63) is 87.0 Å². The van der Waals surface area contributed by atoms with Gasteiger partial charge in [0.15, 0.2) is 0 Å². The highest BCUT2D eigenvalue weighted by atomic mass is 16.6. The molecule has 0 saturated carbocycles. The molecule has 0 fully saturated rings. The number of anilines is 3. The highest BCUT2D eigenvalue weighted by Gasteiger charge is 2.27. The van der Waals surface area contributed by atoms with E-state index in [1.54, 1.807) is 33.5 Å². The Morgan fingerprint density at radius 1 is 0.385 bits per heavy atom. The number of ether oxygens (including phenoxy) is 16. The maximum Gasteiger partial charge on any atom is 0.311 e. The normalized spacial score (nSPS) is 10.9. The van der Waals surface area contributed by atoms with Crippen molar-refractivity contribution in [2.45, 2.75) is 6.92 Å². The molecule has 430 valence electrons. The summed E-state index contributed by atoms with van der Waals surface area (Å²) in [7, 11) is 9.99. The monoisotopic (exact) mass is 1100 g/mol. The van der Waals surface area contributed by atoms with E-state index in [-0.39, 0.29) is 115 Å². The number of nitrogens with zero attached hydrogens (tertiary/aromatic N) is 1. The Hall–Kier alpha value is -7.07. The highest BCUT2D eigenvalue weighted by Crippen LogP contribution is 2.39. The van der Waals surface area contributed by atoms with Crippen molar-refractivity contribution in [2.24, 2.45) is 0 Å². The Bertz CT molecular complexity index is 2500. The molecular formula is C53H72N4O21. The summed E-state index contributed by atoms with van der Waals surface area (Å²) in [6.45, 7) is 6.64. The molecule has 0 spiro atoms. The number of amides is 3. The van der Waals surface area contributed by atoms with E-state index in [4.69, 9.17) is 75.8 Å². The minimum absolute atomic E-state index is 0.000624. The van der Waals surface area contributed by atoms with Crippen LogP contribution in [0.15, 0.2) is 54.6 Å². The average Bonchev–Trinajstić information content (AvgIpc) is 3.49. The topological polar surface area (TPSA) is 278 Å². The van der Waals surface area contributed by atoms with Gasteiger partial charge in [0.2, 0.25) is 5.75 Å². The lowest BCUT2D eigenvalue weighted by Crippen LogP contribution is -2.20. The zero-order valence-corrected chi connectivity index (χ0v) is 45.4. The molecule has 0 aromatic heterocycles. The summed E-state index contributed by atoms with van der Waals surface area (Å²) < 4.78 is 88.6. The van der Waals surface area contributed by atoms with Crippen LogP contribution in [0.2, 0.25) is 0 Å². The average molecular weight is 1100 g/mol. The third-order valence-corrected chi connectivity index (χ3v) is 10.8. The predicted octanol–water partition coefficient (Wildman–Crippen LogP) is 5.87. The molecule has 78 heavy (non-hydrogen) atoms. The second-order valence-corrected chi connectivity index (χ2v) is 16.1. The van der Waals surface area contributed by atoms with E-state index < -0.39 is 28.3 Å². The Morgan fingerprint density at radius 2 is 0.718 bits per heavy atom. The minimum Gasteiger partial charge on any atom is -0.496 e. The van der Waals surface area contributed by atoms with Crippen LogP contribution in [0.25, 0.3) is 0 Å². The van der Waals surface area contributed by atoms with Gasteiger partial charge in [-0.2, -0.15) is 0 Å². The number of hydrogen-bond acceptors (Lipinski definition) is 21. The van der Waals surface area contributed by atoms with Gasteiger partial charge in [0.1, 0.15) is 54.3 Å². The number of rotatable bonds is 41. The zero-order chi connectivity index (χ0) is 56.5. The summed E-state index contributed by atoms with van der Waals surface area (Å²) in [6, 6.07) is 13.0. The second-order valence-electron chi connectivity index (χ2n) is 16.1. The first-order valence-corrected chi connectivity index (χ1v) is 24.6. The Balaban J connectivity index is 1.71. The molecule has 25 heteroatoms. The summed E-state index contributed by atoms with van der Waals surface area (Å²) >= 11 is 0. The van der Waals surface area contributed by atoms with Crippen LogP contribution in [0.1, 0.15) is 36.6 Å². The van der Waals surface area contributed by atoms with E-state index in [1.165, 1.54) is 58.8 Å². The lowest BCUT2D eigenvalue weighted by atomic mass is 10.1. The van der Waals surface area contributed by atoms with E-state index in [9.17, 15) is 24.5 Å². The van der Waals surface area contributed by atoms with Crippen LogP contribution in [0.3, 0.4) is 0 Å². The fourth-order valence-electron chi connectivity index (χ4n) is 6.91. The number of nitro groups is 1. The van der Waals surface area contributed by atoms with E-state index in [1.807, 2.05) is 13.0 Å². The Morgan fingerprint density at radius 3 is 1.14 bits per heavy atom. The molecule has 0 aliphatic rings. The number of carbonyl (C=O) groups excluding carboxylic acids is 3. The largest absolute Gasteiger partial charge is 0.496 e. The van der Waals surface area contributed by atoms with Crippen LogP contribution >= 0.6 is 0 Å². The van der Waals surface area contributed by atoms with E-state index >= 15 is 0 Å². The quantitative estimate of drug-likeness (QED) is 0.0266.